The maximum atomic E-state index is 9.49. The monoisotopic (exact) mass is 284 g/mol. The Labute approximate surface area is 120 Å². The predicted molar refractivity (Wildman–Crippen MR) is 75.1 cm³/mol. The van der Waals surface area contributed by atoms with Crippen LogP contribution >= 0.6 is 0 Å². The topological polar surface area (TPSA) is 88.6 Å². The molecule has 0 spiro atoms. The Balaban J connectivity index is 2.04. The minimum absolute atomic E-state index is 0.0814. The summed E-state index contributed by atoms with van der Waals surface area (Å²) in [4.78, 5) is 4.26. The Morgan fingerprint density at radius 2 is 1.76 bits per heavy atom. The molecule has 0 saturated carbocycles. The number of ether oxygens (including phenoxy) is 1. The van der Waals surface area contributed by atoms with Gasteiger partial charge in [-0.1, -0.05) is 17.3 Å². The third-order valence-corrected chi connectivity index (χ3v) is 2.92. The van der Waals surface area contributed by atoms with E-state index in [2.05, 4.69) is 10.1 Å². The predicted octanol–water partition coefficient (Wildman–Crippen LogP) is 2.82. The van der Waals surface area contributed by atoms with Crippen molar-refractivity contribution in [1.82, 2.24) is 10.1 Å². The van der Waals surface area contributed by atoms with Crippen LogP contribution in [0.1, 0.15) is 0 Å². The van der Waals surface area contributed by atoms with Crippen LogP contribution in [0, 0.1) is 0 Å². The molecule has 0 amide bonds. The summed E-state index contributed by atoms with van der Waals surface area (Å²) in [7, 11) is 1.56. The van der Waals surface area contributed by atoms with Crippen molar-refractivity contribution in [2.75, 3.05) is 7.11 Å². The van der Waals surface area contributed by atoms with Crippen molar-refractivity contribution in [2.45, 2.75) is 0 Å². The van der Waals surface area contributed by atoms with E-state index in [1.807, 2.05) is 18.2 Å². The Kier molecular flexibility index (Phi) is 3.19. The Morgan fingerprint density at radius 1 is 1.05 bits per heavy atom. The van der Waals surface area contributed by atoms with Gasteiger partial charge in [0.1, 0.15) is 17.2 Å². The average Bonchev–Trinajstić information content (AvgIpc) is 2.96. The Hall–Kier alpha value is -3.02. The van der Waals surface area contributed by atoms with E-state index in [4.69, 9.17) is 9.26 Å². The second-order valence-corrected chi connectivity index (χ2v) is 4.36. The summed E-state index contributed by atoms with van der Waals surface area (Å²) in [5.41, 5.74) is 1.13. The molecule has 0 aliphatic carbocycles. The van der Waals surface area contributed by atoms with E-state index < -0.39 is 0 Å². The summed E-state index contributed by atoms with van der Waals surface area (Å²) in [6.45, 7) is 0. The summed E-state index contributed by atoms with van der Waals surface area (Å²) in [5.74, 6) is 1.03. The summed E-state index contributed by atoms with van der Waals surface area (Å²) >= 11 is 0. The van der Waals surface area contributed by atoms with E-state index in [-0.39, 0.29) is 17.4 Å². The molecule has 6 heteroatoms. The lowest BCUT2D eigenvalue weighted by atomic mass is 10.2. The van der Waals surface area contributed by atoms with E-state index in [0.29, 0.717) is 22.7 Å². The van der Waals surface area contributed by atoms with Gasteiger partial charge in [0, 0.05) is 11.6 Å². The van der Waals surface area contributed by atoms with E-state index >= 15 is 0 Å². The van der Waals surface area contributed by atoms with Gasteiger partial charge in [0.05, 0.1) is 12.7 Å². The number of rotatable bonds is 3. The second-order valence-electron chi connectivity index (χ2n) is 4.36. The smallest absolute Gasteiger partial charge is 0.258 e. The van der Waals surface area contributed by atoms with Crippen LogP contribution in [-0.2, 0) is 0 Å². The molecule has 21 heavy (non-hydrogen) atoms. The molecular formula is C15H12N2O4. The number of phenols is 2. The zero-order chi connectivity index (χ0) is 14.8. The van der Waals surface area contributed by atoms with Gasteiger partial charge in [-0.2, -0.15) is 4.98 Å². The number of para-hydroxylation sites is 1. The summed E-state index contributed by atoms with van der Waals surface area (Å²) < 4.78 is 10.4. The van der Waals surface area contributed by atoms with Gasteiger partial charge in [0.15, 0.2) is 0 Å². The van der Waals surface area contributed by atoms with Gasteiger partial charge in [0.2, 0.25) is 5.82 Å². The standard InChI is InChI=1S/C15H12N2O4/c1-20-13-5-3-2-4-12(13)14-16-15(21-17-14)9-6-10(18)8-11(19)7-9/h2-8,18-19H,1H3. The van der Waals surface area contributed by atoms with E-state index in [0.717, 1.165) is 0 Å². The lowest BCUT2D eigenvalue weighted by molar-refractivity contribution is 0.413. The summed E-state index contributed by atoms with van der Waals surface area (Å²) in [5, 5.41) is 22.9. The molecule has 106 valence electrons. The fourth-order valence-corrected chi connectivity index (χ4v) is 2.00. The average molecular weight is 284 g/mol. The largest absolute Gasteiger partial charge is 0.508 e. The van der Waals surface area contributed by atoms with Crippen LogP contribution < -0.4 is 4.74 Å². The third-order valence-electron chi connectivity index (χ3n) is 2.92. The van der Waals surface area contributed by atoms with Gasteiger partial charge in [-0.15, -0.1) is 0 Å². The number of hydrogen-bond donors (Lipinski definition) is 2. The van der Waals surface area contributed by atoms with Crippen molar-refractivity contribution in [2.24, 2.45) is 0 Å². The van der Waals surface area contributed by atoms with Crippen molar-refractivity contribution in [3.05, 3.63) is 42.5 Å². The van der Waals surface area contributed by atoms with Crippen molar-refractivity contribution < 1.29 is 19.5 Å². The van der Waals surface area contributed by atoms with Gasteiger partial charge >= 0.3 is 0 Å². The quantitative estimate of drug-likeness (QED) is 0.768. The van der Waals surface area contributed by atoms with Gasteiger partial charge < -0.3 is 19.5 Å². The molecule has 0 aliphatic rings. The van der Waals surface area contributed by atoms with Crippen LogP contribution in [0.2, 0.25) is 0 Å². The fourth-order valence-electron chi connectivity index (χ4n) is 2.00. The summed E-state index contributed by atoms with van der Waals surface area (Å²) in [6, 6.07) is 11.4. The Morgan fingerprint density at radius 3 is 2.48 bits per heavy atom. The molecule has 2 N–H and O–H groups in total. The highest BCUT2D eigenvalue weighted by molar-refractivity contribution is 5.66. The molecule has 1 aromatic heterocycles. The molecule has 0 fully saturated rings. The maximum absolute atomic E-state index is 9.49. The SMILES string of the molecule is COc1ccccc1-c1noc(-c2cc(O)cc(O)c2)n1. The fraction of sp³-hybridized carbons (Fsp3) is 0.0667. The molecule has 0 radical (unpaired) electrons. The van der Waals surface area contributed by atoms with Crippen molar-refractivity contribution in [3.8, 4) is 40.1 Å². The number of benzene rings is 2. The first-order chi connectivity index (χ1) is 10.2. The first-order valence-electron chi connectivity index (χ1n) is 6.18. The minimum Gasteiger partial charge on any atom is -0.508 e. The van der Waals surface area contributed by atoms with Gasteiger partial charge in [-0.05, 0) is 24.3 Å². The lowest BCUT2D eigenvalue weighted by Crippen LogP contribution is -1.88. The highest BCUT2D eigenvalue weighted by Gasteiger charge is 2.15. The summed E-state index contributed by atoms with van der Waals surface area (Å²) in [6.07, 6.45) is 0. The third kappa shape index (κ3) is 2.51. The van der Waals surface area contributed by atoms with Crippen LogP contribution in [0.4, 0.5) is 0 Å². The van der Waals surface area contributed by atoms with Crippen LogP contribution in [-0.4, -0.2) is 27.5 Å². The first kappa shape index (κ1) is 13.0. The zero-order valence-electron chi connectivity index (χ0n) is 11.1. The van der Waals surface area contributed by atoms with Crippen LogP contribution in [0.3, 0.4) is 0 Å². The normalized spacial score (nSPS) is 10.5. The van der Waals surface area contributed by atoms with Crippen molar-refractivity contribution in [1.29, 1.82) is 0 Å². The molecule has 6 nitrogen and oxygen atoms in total. The number of aromatic nitrogens is 2. The van der Waals surface area contributed by atoms with Crippen LogP contribution in [0.15, 0.2) is 47.0 Å². The number of nitrogens with zero attached hydrogens (tertiary/aromatic N) is 2. The minimum atomic E-state index is -0.0814. The molecule has 1 heterocycles. The molecule has 3 rings (SSSR count). The van der Waals surface area contributed by atoms with E-state index in [9.17, 15) is 10.2 Å². The number of aromatic hydroxyl groups is 2. The van der Waals surface area contributed by atoms with Gasteiger partial charge in [0.25, 0.3) is 5.89 Å². The molecule has 3 aromatic rings. The van der Waals surface area contributed by atoms with Gasteiger partial charge in [-0.3, -0.25) is 0 Å². The molecule has 0 bridgehead atoms. The zero-order valence-corrected chi connectivity index (χ0v) is 11.1. The molecule has 0 saturated heterocycles. The molecule has 0 atom stereocenters. The van der Waals surface area contributed by atoms with Gasteiger partial charge in [-0.25, -0.2) is 0 Å². The van der Waals surface area contributed by atoms with Crippen LogP contribution in [0.25, 0.3) is 22.8 Å². The molecular weight excluding hydrogens is 272 g/mol. The molecule has 0 unspecified atom stereocenters. The first-order valence-corrected chi connectivity index (χ1v) is 6.18. The van der Waals surface area contributed by atoms with Crippen molar-refractivity contribution >= 4 is 0 Å². The van der Waals surface area contributed by atoms with E-state index in [1.165, 1.54) is 18.2 Å². The maximum Gasteiger partial charge on any atom is 0.258 e. The lowest BCUT2D eigenvalue weighted by Gasteiger charge is -2.03. The van der Waals surface area contributed by atoms with Crippen molar-refractivity contribution in [3.63, 3.8) is 0 Å². The second kappa shape index (κ2) is 5.16. The van der Waals surface area contributed by atoms with Crippen LogP contribution in [0.5, 0.6) is 17.2 Å². The molecule has 2 aromatic carbocycles. The number of hydrogen-bond acceptors (Lipinski definition) is 6. The number of phenolic OH excluding ortho intramolecular Hbond substituents is 2. The highest BCUT2D eigenvalue weighted by atomic mass is 16.5. The highest BCUT2D eigenvalue weighted by Crippen LogP contribution is 2.31. The Bertz CT molecular complexity index is 763. The molecule has 0 aliphatic heterocycles. The van der Waals surface area contributed by atoms with E-state index in [1.54, 1.807) is 13.2 Å². The number of methoxy groups -OCH3 is 1.